The summed E-state index contributed by atoms with van der Waals surface area (Å²) in [6.45, 7) is -0.466. The summed E-state index contributed by atoms with van der Waals surface area (Å²) in [6.07, 6.45) is -16.8. The first kappa shape index (κ1) is 26.2. The lowest BCUT2D eigenvalue weighted by atomic mass is 10.1. The SMILES string of the molecule is Cc1c(N)cccc1Cn1nc(C(F)(F)C(F)(F)F)nc1Cn1nc(C(F)(F)F)cc1C(F)(F)F. The Balaban J connectivity index is 2.15. The Bertz CT molecular complexity index is 1220. The highest BCUT2D eigenvalue weighted by atomic mass is 19.4. The van der Waals surface area contributed by atoms with Gasteiger partial charge in [-0.05, 0) is 24.1 Å². The second kappa shape index (κ2) is 8.37. The highest BCUT2D eigenvalue weighted by Gasteiger charge is 2.62. The summed E-state index contributed by atoms with van der Waals surface area (Å²) in [5, 5.41) is 5.91. The van der Waals surface area contributed by atoms with Gasteiger partial charge in [0.2, 0.25) is 5.82 Å². The molecule has 0 bridgehead atoms. The maximum atomic E-state index is 13.9. The summed E-state index contributed by atoms with van der Waals surface area (Å²) in [4.78, 5) is 3.03. The van der Waals surface area contributed by atoms with E-state index in [1.165, 1.54) is 25.1 Å². The monoisotopic (exact) mass is 522 g/mol. The van der Waals surface area contributed by atoms with Gasteiger partial charge >= 0.3 is 24.5 Å². The molecule has 35 heavy (non-hydrogen) atoms. The van der Waals surface area contributed by atoms with Crippen molar-refractivity contribution in [2.45, 2.75) is 44.5 Å². The first-order chi connectivity index (χ1) is 15.8. The van der Waals surface area contributed by atoms with Crippen LogP contribution in [0.25, 0.3) is 0 Å². The average molecular weight is 522 g/mol. The van der Waals surface area contributed by atoms with Gasteiger partial charge in [0.25, 0.3) is 0 Å². The summed E-state index contributed by atoms with van der Waals surface area (Å²) >= 11 is 0. The number of alkyl halides is 11. The van der Waals surface area contributed by atoms with Crippen LogP contribution in [0.5, 0.6) is 0 Å². The van der Waals surface area contributed by atoms with E-state index in [0.717, 1.165) is 0 Å². The van der Waals surface area contributed by atoms with Crippen LogP contribution in [0.2, 0.25) is 0 Å². The summed E-state index contributed by atoms with van der Waals surface area (Å²) in [5.74, 6) is -8.64. The topological polar surface area (TPSA) is 74.6 Å². The molecule has 2 heterocycles. The maximum absolute atomic E-state index is 13.9. The Labute approximate surface area is 188 Å². The van der Waals surface area contributed by atoms with Crippen LogP contribution in [0.15, 0.2) is 24.3 Å². The zero-order chi connectivity index (χ0) is 26.6. The van der Waals surface area contributed by atoms with Crippen molar-refractivity contribution in [3.8, 4) is 0 Å². The molecule has 0 unspecified atom stereocenters. The third kappa shape index (κ3) is 5.17. The van der Waals surface area contributed by atoms with E-state index in [4.69, 9.17) is 5.73 Å². The molecule has 2 aromatic heterocycles. The van der Waals surface area contributed by atoms with Gasteiger partial charge in [0, 0.05) is 11.8 Å². The normalized spacial score (nSPS) is 13.5. The predicted molar refractivity (Wildman–Crippen MR) is 96.0 cm³/mol. The number of rotatable bonds is 5. The van der Waals surface area contributed by atoms with Crippen molar-refractivity contribution >= 4 is 5.69 Å². The van der Waals surface area contributed by atoms with Gasteiger partial charge in [0.1, 0.15) is 18.1 Å². The first-order valence-corrected chi connectivity index (χ1v) is 9.27. The second-order valence-corrected chi connectivity index (χ2v) is 7.28. The highest BCUT2D eigenvalue weighted by Crippen LogP contribution is 2.42. The standard InChI is InChI=1S/C18H13F11N6/c1-8-9(3-2-4-10(8)30)6-35-13(31-14(33-35)15(19,20)18(27,28)29)7-34-12(17(24,25)26)5-11(32-34)16(21,22)23/h2-5H,6-7,30H2,1H3. The predicted octanol–water partition coefficient (Wildman–Crippen LogP) is 5.15. The zero-order valence-corrected chi connectivity index (χ0v) is 17.2. The van der Waals surface area contributed by atoms with E-state index in [1.54, 1.807) is 0 Å². The molecule has 0 aliphatic carbocycles. The van der Waals surface area contributed by atoms with Crippen LogP contribution >= 0.6 is 0 Å². The number of nitrogens with two attached hydrogens (primary N) is 1. The van der Waals surface area contributed by atoms with Crippen molar-refractivity contribution in [3.63, 3.8) is 0 Å². The summed E-state index contributed by atoms with van der Waals surface area (Å²) in [5.41, 5.74) is 2.62. The molecule has 0 aliphatic rings. The van der Waals surface area contributed by atoms with Gasteiger partial charge in [-0.15, -0.1) is 5.10 Å². The van der Waals surface area contributed by atoms with Gasteiger partial charge in [-0.25, -0.2) is 9.67 Å². The Morgan fingerprint density at radius 2 is 1.46 bits per heavy atom. The molecule has 3 aromatic rings. The third-order valence-corrected chi connectivity index (χ3v) is 4.85. The van der Waals surface area contributed by atoms with Crippen molar-refractivity contribution in [2.24, 2.45) is 0 Å². The van der Waals surface area contributed by atoms with Crippen LogP contribution in [0, 0.1) is 6.92 Å². The number of nitrogen functional groups attached to an aromatic ring is 1. The maximum Gasteiger partial charge on any atom is 0.461 e. The summed E-state index contributed by atoms with van der Waals surface area (Å²) in [7, 11) is 0. The molecule has 0 amide bonds. The molecule has 0 aliphatic heterocycles. The van der Waals surface area contributed by atoms with Crippen molar-refractivity contribution in [1.82, 2.24) is 24.5 Å². The number of benzene rings is 1. The van der Waals surface area contributed by atoms with Gasteiger partial charge in [-0.2, -0.15) is 53.4 Å². The molecule has 0 spiro atoms. The zero-order valence-electron chi connectivity index (χ0n) is 17.2. The molecule has 0 saturated heterocycles. The van der Waals surface area contributed by atoms with Crippen LogP contribution in [-0.4, -0.2) is 30.7 Å². The smallest absolute Gasteiger partial charge is 0.399 e. The third-order valence-electron chi connectivity index (χ3n) is 4.85. The fraction of sp³-hybridized carbons (Fsp3) is 0.389. The van der Waals surface area contributed by atoms with Crippen LogP contribution < -0.4 is 5.73 Å². The van der Waals surface area contributed by atoms with Crippen LogP contribution in [-0.2, 0) is 31.4 Å². The number of nitrogens with zero attached hydrogens (tertiary/aromatic N) is 5. The van der Waals surface area contributed by atoms with E-state index in [-0.39, 0.29) is 22.0 Å². The summed E-state index contributed by atoms with van der Waals surface area (Å²) in [6, 6.07) is 3.91. The minimum absolute atomic E-state index is 0.200. The van der Waals surface area contributed by atoms with E-state index in [0.29, 0.717) is 10.2 Å². The molecule has 2 N–H and O–H groups in total. The average Bonchev–Trinajstić information content (AvgIpc) is 3.29. The molecule has 0 saturated carbocycles. The summed E-state index contributed by atoms with van der Waals surface area (Å²) < 4.78 is 145. The molecule has 0 radical (unpaired) electrons. The van der Waals surface area contributed by atoms with Gasteiger partial charge in [0.05, 0.1) is 6.54 Å². The van der Waals surface area contributed by atoms with E-state index in [2.05, 4.69) is 15.2 Å². The highest BCUT2D eigenvalue weighted by molar-refractivity contribution is 5.50. The first-order valence-electron chi connectivity index (χ1n) is 9.27. The number of hydrogen-bond donors (Lipinski definition) is 1. The van der Waals surface area contributed by atoms with Gasteiger partial charge in [-0.3, -0.25) is 4.68 Å². The second-order valence-electron chi connectivity index (χ2n) is 7.28. The quantitative estimate of drug-likeness (QED) is 0.372. The van der Waals surface area contributed by atoms with Crippen LogP contribution in [0.3, 0.4) is 0 Å². The van der Waals surface area contributed by atoms with E-state index < -0.39 is 60.6 Å². The molecule has 1 aromatic carbocycles. The molecule has 17 heteroatoms. The largest absolute Gasteiger partial charge is 0.461 e. The van der Waals surface area contributed by atoms with Gasteiger partial charge in [-0.1, -0.05) is 12.1 Å². The van der Waals surface area contributed by atoms with Crippen LogP contribution in [0.1, 0.15) is 34.2 Å². The lowest BCUT2D eigenvalue weighted by Crippen LogP contribution is -2.35. The molecular formula is C18H13F11N6. The molecule has 3 rings (SSSR count). The minimum atomic E-state index is -6.16. The molecule has 0 atom stereocenters. The fourth-order valence-electron chi connectivity index (χ4n) is 2.95. The lowest BCUT2D eigenvalue weighted by Gasteiger charge is -2.15. The number of anilines is 1. The molecule has 0 fully saturated rings. The van der Waals surface area contributed by atoms with Crippen molar-refractivity contribution < 1.29 is 48.3 Å². The lowest BCUT2D eigenvalue weighted by molar-refractivity contribution is -0.292. The van der Waals surface area contributed by atoms with Crippen molar-refractivity contribution in [2.75, 3.05) is 5.73 Å². The van der Waals surface area contributed by atoms with E-state index >= 15 is 0 Å². The Hall–Kier alpha value is -3.40. The molecule has 192 valence electrons. The number of hydrogen-bond acceptors (Lipinski definition) is 4. The van der Waals surface area contributed by atoms with E-state index in [9.17, 15) is 48.3 Å². The Morgan fingerprint density at radius 1 is 0.829 bits per heavy atom. The number of aromatic nitrogens is 5. The van der Waals surface area contributed by atoms with Crippen molar-refractivity contribution in [1.29, 1.82) is 0 Å². The minimum Gasteiger partial charge on any atom is -0.399 e. The van der Waals surface area contributed by atoms with Crippen LogP contribution in [0.4, 0.5) is 54.0 Å². The Morgan fingerprint density at radius 3 is 2.00 bits per heavy atom. The molecule has 6 nitrogen and oxygen atoms in total. The van der Waals surface area contributed by atoms with Crippen molar-refractivity contribution in [3.05, 3.63) is 58.4 Å². The molecular weight excluding hydrogens is 509 g/mol. The van der Waals surface area contributed by atoms with E-state index in [1.807, 2.05) is 0 Å². The van der Waals surface area contributed by atoms with Gasteiger partial charge in [0.15, 0.2) is 5.69 Å². The van der Waals surface area contributed by atoms with Gasteiger partial charge < -0.3 is 5.73 Å². The Kier molecular flexibility index (Phi) is 6.27. The number of halogens is 11. The fourth-order valence-corrected chi connectivity index (χ4v) is 2.95.